The van der Waals surface area contributed by atoms with Crippen molar-refractivity contribution >= 4 is 17.5 Å². The van der Waals surface area contributed by atoms with Gasteiger partial charge in [0.05, 0.1) is 0 Å². The van der Waals surface area contributed by atoms with Crippen LogP contribution in [0.3, 0.4) is 0 Å². The lowest BCUT2D eigenvalue weighted by Crippen LogP contribution is -2.52. The number of amides is 2. The van der Waals surface area contributed by atoms with Crippen molar-refractivity contribution in [2.75, 3.05) is 13.1 Å². The maximum absolute atomic E-state index is 13.4. The molecule has 1 N–H and O–H groups in total. The number of piperidine rings is 1. The van der Waals surface area contributed by atoms with Gasteiger partial charge in [-0.05, 0) is 49.2 Å². The van der Waals surface area contributed by atoms with Crippen LogP contribution in [-0.2, 0) is 4.79 Å². The van der Waals surface area contributed by atoms with E-state index in [1.54, 1.807) is 11.0 Å². The number of halogens is 1. The molecule has 0 bridgehead atoms. The van der Waals surface area contributed by atoms with E-state index in [1.807, 2.05) is 32.0 Å². The van der Waals surface area contributed by atoms with Gasteiger partial charge in [-0.2, -0.15) is 0 Å². The lowest BCUT2D eigenvalue weighted by Gasteiger charge is -2.37. The van der Waals surface area contributed by atoms with Crippen LogP contribution in [0.4, 0.5) is 4.39 Å². The van der Waals surface area contributed by atoms with Crippen molar-refractivity contribution in [3.63, 3.8) is 0 Å². The van der Waals surface area contributed by atoms with Gasteiger partial charge in [-0.25, -0.2) is 4.39 Å². The Balaban J connectivity index is 1.51. The zero-order chi connectivity index (χ0) is 19.9. The molecule has 0 atom stereocenters. The number of nitrogens with one attached hydrogen (secondary N) is 1. The molecule has 2 amide bonds. The maximum atomic E-state index is 13.4. The van der Waals surface area contributed by atoms with E-state index in [1.165, 1.54) is 23.8 Å². The number of benzene rings is 2. The van der Waals surface area contributed by atoms with E-state index in [0.717, 1.165) is 11.1 Å². The summed E-state index contributed by atoms with van der Waals surface area (Å²) < 4.78 is 13.4. The van der Waals surface area contributed by atoms with Crippen molar-refractivity contribution < 1.29 is 14.0 Å². The van der Waals surface area contributed by atoms with Crippen molar-refractivity contribution in [2.45, 2.75) is 32.4 Å². The summed E-state index contributed by atoms with van der Waals surface area (Å²) in [4.78, 5) is 31.6. The number of rotatable bonds is 2. The number of likely N-dealkylation sites (tertiary alicyclic amines) is 1. The molecular weight excluding hydrogens is 357 g/mol. The maximum Gasteiger partial charge on any atom is 0.272 e. The minimum absolute atomic E-state index is 0.173. The molecule has 4 rings (SSSR count). The van der Waals surface area contributed by atoms with Gasteiger partial charge in [-0.15, -0.1) is 0 Å². The molecule has 1 saturated heterocycles. The van der Waals surface area contributed by atoms with Crippen LogP contribution in [-0.4, -0.2) is 41.2 Å². The SMILES string of the molecule is Cc1ccc(C2=NC3(CCN(C(=O)c4cccc(F)c4)CC3)NC2=O)cc1C. The second kappa shape index (κ2) is 6.86. The second-order valence-corrected chi connectivity index (χ2v) is 7.55. The largest absolute Gasteiger partial charge is 0.338 e. The molecule has 2 aromatic rings. The highest BCUT2D eigenvalue weighted by Gasteiger charge is 2.43. The molecule has 2 aliphatic heterocycles. The normalized spacial score (nSPS) is 18.2. The van der Waals surface area contributed by atoms with Gasteiger partial charge in [-0.1, -0.05) is 18.2 Å². The Morgan fingerprint density at radius 2 is 1.86 bits per heavy atom. The van der Waals surface area contributed by atoms with Crippen LogP contribution in [0.2, 0.25) is 0 Å². The molecule has 144 valence electrons. The lowest BCUT2D eigenvalue weighted by atomic mass is 9.97. The molecular formula is C22H22FN3O2. The molecule has 1 spiro atoms. The van der Waals surface area contributed by atoms with E-state index >= 15 is 0 Å². The van der Waals surface area contributed by atoms with E-state index in [4.69, 9.17) is 4.99 Å². The predicted molar refractivity (Wildman–Crippen MR) is 105 cm³/mol. The van der Waals surface area contributed by atoms with Crippen LogP contribution in [0.5, 0.6) is 0 Å². The fourth-order valence-electron chi connectivity index (χ4n) is 3.77. The third-order valence-electron chi connectivity index (χ3n) is 5.62. The summed E-state index contributed by atoms with van der Waals surface area (Å²) in [6.07, 6.45) is 1.07. The van der Waals surface area contributed by atoms with Gasteiger partial charge in [0.25, 0.3) is 11.8 Å². The first-order chi connectivity index (χ1) is 13.4. The Morgan fingerprint density at radius 1 is 1.11 bits per heavy atom. The molecule has 1 fully saturated rings. The summed E-state index contributed by atoms with van der Waals surface area (Å²) in [6, 6.07) is 11.6. The first-order valence-corrected chi connectivity index (χ1v) is 9.42. The summed E-state index contributed by atoms with van der Waals surface area (Å²) in [6.45, 7) is 4.96. The number of hydrogen-bond donors (Lipinski definition) is 1. The predicted octanol–water partition coefficient (Wildman–Crippen LogP) is 2.99. The Bertz CT molecular complexity index is 991. The number of nitrogens with zero attached hydrogens (tertiary/aromatic N) is 2. The van der Waals surface area contributed by atoms with Crippen LogP contribution < -0.4 is 5.32 Å². The highest BCUT2D eigenvalue weighted by Crippen LogP contribution is 2.30. The Morgan fingerprint density at radius 3 is 2.54 bits per heavy atom. The van der Waals surface area contributed by atoms with Crippen LogP contribution in [0, 0.1) is 19.7 Å². The van der Waals surface area contributed by atoms with E-state index in [0.29, 0.717) is 37.2 Å². The fourth-order valence-corrected chi connectivity index (χ4v) is 3.77. The van der Waals surface area contributed by atoms with Crippen molar-refractivity contribution in [1.29, 1.82) is 0 Å². The van der Waals surface area contributed by atoms with Crippen molar-refractivity contribution in [3.8, 4) is 0 Å². The van der Waals surface area contributed by atoms with E-state index in [-0.39, 0.29) is 11.8 Å². The molecule has 0 aromatic heterocycles. The third kappa shape index (κ3) is 3.30. The minimum atomic E-state index is -0.663. The van der Waals surface area contributed by atoms with E-state index in [9.17, 15) is 14.0 Å². The van der Waals surface area contributed by atoms with E-state index < -0.39 is 11.5 Å². The zero-order valence-corrected chi connectivity index (χ0v) is 16.0. The quantitative estimate of drug-likeness (QED) is 0.872. The summed E-state index contributed by atoms with van der Waals surface area (Å²) in [5.74, 6) is -0.796. The zero-order valence-electron chi connectivity index (χ0n) is 16.0. The van der Waals surface area contributed by atoms with Crippen LogP contribution >= 0.6 is 0 Å². The topological polar surface area (TPSA) is 61.8 Å². The van der Waals surface area contributed by atoms with Crippen LogP contribution in [0.15, 0.2) is 47.5 Å². The Kier molecular flexibility index (Phi) is 4.49. The Hall–Kier alpha value is -3.02. The minimum Gasteiger partial charge on any atom is -0.338 e. The van der Waals surface area contributed by atoms with Gasteiger partial charge >= 0.3 is 0 Å². The number of aryl methyl sites for hydroxylation is 2. The van der Waals surface area contributed by atoms with Crippen LogP contribution in [0.25, 0.3) is 0 Å². The molecule has 28 heavy (non-hydrogen) atoms. The van der Waals surface area contributed by atoms with Gasteiger partial charge in [0.15, 0.2) is 0 Å². The number of carbonyl (C=O) groups is 2. The average molecular weight is 379 g/mol. The van der Waals surface area contributed by atoms with Gasteiger partial charge in [0.1, 0.15) is 17.2 Å². The molecule has 2 heterocycles. The number of aliphatic imine (C=N–C) groups is 1. The fraction of sp³-hybridized carbons (Fsp3) is 0.318. The monoisotopic (exact) mass is 379 g/mol. The van der Waals surface area contributed by atoms with Gasteiger partial charge in [0, 0.05) is 37.1 Å². The summed E-state index contributed by atoms with van der Waals surface area (Å²) >= 11 is 0. The Labute approximate surface area is 163 Å². The molecule has 0 aliphatic carbocycles. The highest BCUT2D eigenvalue weighted by molar-refractivity contribution is 6.46. The lowest BCUT2D eigenvalue weighted by molar-refractivity contribution is -0.115. The van der Waals surface area contributed by atoms with E-state index in [2.05, 4.69) is 5.32 Å². The third-order valence-corrected chi connectivity index (χ3v) is 5.62. The van der Waals surface area contributed by atoms with Crippen molar-refractivity contribution in [1.82, 2.24) is 10.2 Å². The first kappa shape index (κ1) is 18.3. The van der Waals surface area contributed by atoms with Gasteiger partial charge < -0.3 is 10.2 Å². The molecule has 2 aliphatic rings. The number of hydrogen-bond acceptors (Lipinski definition) is 3. The molecule has 0 radical (unpaired) electrons. The molecule has 0 saturated carbocycles. The van der Waals surface area contributed by atoms with Crippen molar-refractivity contribution in [2.24, 2.45) is 4.99 Å². The van der Waals surface area contributed by atoms with Crippen LogP contribution in [0.1, 0.15) is 39.9 Å². The smallest absolute Gasteiger partial charge is 0.272 e. The van der Waals surface area contributed by atoms with Crippen molar-refractivity contribution in [3.05, 3.63) is 70.5 Å². The molecule has 6 heteroatoms. The summed E-state index contributed by atoms with van der Waals surface area (Å²) in [5.41, 5.74) is 3.23. The highest BCUT2D eigenvalue weighted by atomic mass is 19.1. The molecule has 5 nitrogen and oxygen atoms in total. The second-order valence-electron chi connectivity index (χ2n) is 7.55. The number of carbonyl (C=O) groups excluding carboxylic acids is 2. The van der Waals surface area contributed by atoms with Gasteiger partial charge in [0.2, 0.25) is 0 Å². The first-order valence-electron chi connectivity index (χ1n) is 9.42. The molecule has 2 aromatic carbocycles. The van der Waals surface area contributed by atoms with Gasteiger partial charge in [-0.3, -0.25) is 14.6 Å². The summed E-state index contributed by atoms with van der Waals surface area (Å²) in [5, 5.41) is 3.02. The standard InChI is InChI=1S/C22H22FN3O2/c1-14-6-7-16(12-15(14)2)19-20(27)25-22(24-19)8-10-26(11-9-22)21(28)17-4-3-5-18(23)13-17/h3-7,12-13H,8-11H2,1-2H3,(H,25,27). The summed E-state index contributed by atoms with van der Waals surface area (Å²) in [7, 11) is 0. The molecule has 0 unspecified atom stereocenters. The average Bonchev–Trinajstić information content (AvgIpc) is 3.00.